The van der Waals surface area contributed by atoms with Gasteiger partial charge in [0, 0.05) is 50.6 Å². The summed E-state index contributed by atoms with van der Waals surface area (Å²) in [6.07, 6.45) is 2.85. The molecule has 1 saturated heterocycles. The first kappa shape index (κ1) is 24.0. The Bertz CT molecular complexity index is 1620. The number of benzene rings is 3. The summed E-state index contributed by atoms with van der Waals surface area (Å²) in [5, 5.41) is 12.7. The van der Waals surface area contributed by atoms with Crippen LogP contribution in [0.5, 0.6) is 23.0 Å². The second-order valence-electron chi connectivity index (χ2n) is 10.2. The predicted molar refractivity (Wildman–Crippen MR) is 141 cm³/mol. The molecular formula is C30H28F2N3O4+. The fraction of sp³-hybridized carbons (Fsp3) is 0.300. The molecule has 4 aromatic rings. The van der Waals surface area contributed by atoms with Gasteiger partial charge in [-0.3, -0.25) is 4.90 Å². The van der Waals surface area contributed by atoms with Gasteiger partial charge in [-0.25, -0.2) is 8.78 Å². The number of phenolic OH excluding ortho intramolecular Hbond substituents is 1. The number of rotatable bonds is 4. The Balaban J connectivity index is 1.23. The fourth-order valence-electron chi connectivity index (χ4n) is 5.98. The molecule has 1 N–H and O–H groups in total. The highest BCUT2D eigenvalue weighted by atomic mass is 19.2. The van der Waals surface area contributed by atoms with Gasteiger partial charge in [0.1, 0.15) is 0 Å². The minimum Gasteiger partial charge on any atom is -0.504 e. The maximum absolute atomic E-state index is 14.4. The molecule has 0 spiro atoms. The van der Waals surface area contributed by atoms with E-state index < -0.39 is 11.6 Å². The van der Waals surface area contributed by atoms with Crippen LogP contribution < -0.4 is 23.7 Å². The van der Waals surface area contributed by atoms with Gasteiger partial charge in [-0.15, -0.1) is 0 Å². The molecule has 0 unspecified atom stereocenters. The van der Waals surface area contributed by atoms with E-state index in [1.54, 1.807) is 19.2 Å². The normalized spacial score (nSPS) is 16.3. The van der Waals surface area contributed by atoms with Crippen LogP contribution >= 0.6 is 0 Å². The molecule has 4 heterocycles. The number of halogens is 2. The molecule has 7 rings (SSSR count). The number of nitrogens with zero attached hydrogens (tertiary/aromatic N) is 3. The zero-order valence-electron chi connectivity index (χ0n) is 21.5. The van der Waals surface area contributed by atoms with E-state index in [-0.39, 0.29) is 12.5 Å². The summed E-state index contributed by atoms with van der Waals surface area (Å²) in [6, 6.07) is 12.5. The van der Waals surface area contributed by atoms with E-state index in [9.17, 15) is 13.9 Å². The molecule has 0 saturated carbocycles. The smallest absolute Gasteiger partial charge is 0.231 e. The topological polar surface area (TPSA) is 58.3 Å². The van der Waals surface area contributed by atoms with Crippen LogP contribution in [0.2, 0.25) is 0 Å². The summed E-state index contributed by atoms with van der Waals surface area (Å²) >= 11 is 0. The summed E-state index contributed by atoms with van der Waals surface area (Å²) in [5.41, 5.74) is 4.69. The third-order valence-electron chi connectivity index (χ3n) is 8.06. The maximum atomic E-state index is 14.4. The van der Waals surface area contributed by atoms with E-state index in [2.05, 4.69) is 21.6 Å². The van der Waals surface area contributed by atoms with Gasteiger partial charge in [0.15, 0.2) is 47.4 Å². The summed E-state index contributed by atoms with van der Waals surface area (Å²) in [5.74, 6) is 0.443. The Kier molecular flexibility index (Phi) is 5.70. The lowest BCUT2D eigenvalue weighted by molar-refractivity contribution is -0.686. The van der Waals surface area contributed by atoms with E-state index in [0.717, 1.165) is 58.1 Å². The van der Waals surface area contributed by atoms with E-state index in [1.807, 2.05) is 23.2 Å². The Morgan fingerprint density at radius 1 is 1.00 bits per heavy atom. The van der Waals surface area contributed by atoms with Gasteiger partial charge in [0.2, 0.25) is 12.5 Å². The summed E-state index contributed by atoms with van der Waals surface area (Å²) in [7, 11) is 1.56. The molecule has 1 fully saturated rings. The number of aromatic nitrogens is 1. The van der Waals surface area contributed by atoms with Crippen LogP contribution in [0.15, 0.2) is 48.7 Å². The van der Waals surface area contributed by atoms with E-state index >= 15 is 0 Å². The number of aromatic hydroxyl groups is 1. The lowest BCUT2D eigenvalue weighted by Gasteiger charge is -2.36. The number of hydrogen-bond donors (Lipinski definition) is 1. The van der Waals surface area contributed by atoms with E-state index in [1.165, 1.54) is 5.56 Å². The van der Waals surface area contributed by atoms with E-state index in [4.69, 9.17) is 14.2 Å². The van der Waals surface area contributed by atoms with Crippen molar-refractivity contribution in [1.29, 1.82) is 0 Å². The number of piperazine rings is 1. The number of anilines is 1. The average Bonchev–Trinajstić information content (AvgIpc) is 3.42. The molecule has 9 heteroatoms. The Labute approximate surface area is 224 Å². The van der Waals surface area contributed by atoms with Crippen LogP contribution in [-0.2, 0) is 19.5 Å². The van der Waals surface area contributed by atoms with Crippen molar-refractivity contribution in [3.05, 3.63) is 71.4 Å². The van der Waals surface area contributed by atoms with Crippen molar-refractivity contribution >= 4 is 16.5 Å². The van der Waals surface area contributed by atoms with Crippen molar-refractivity contribution in [3.8, 4) is 34.3 Å². The molecule has 7 nitrogen and oxygen atoms in total. The molecule has 39 heavy (non-hydrogen) atoms. The molecule has 0 bridgehead atoms. The van der Waals surface area contributed by atoms with Crippen molar-refractivity contribution in [2.24, 2.45) is 0 Å². The summed E-state index contributed by atoms with van der Waals surface area (Å²) in [4.78, 5) is 4.18. The molecule has 0 atom stereocenters. The number of hydrogen-bond acceptors (Lipinski definition) is 6. The van der Waals surface area contributed by atoms with Crippen LogP contribution in [-0.4, -0.2) is 50.1 Å². The van der Waals surface area contributed by atoms with Crippen molar-refractivity contribution in [1.82, 2.24) is 4.90 Å². The van der Waals surface area contributed by atoms with E-state index in [0.29, 0.717) is 44.2 Å². The third-order valence-corrected chi connectivity index (χ3v) is 8.06. The van der Waals surface area contributed by atoms with Crippen LogP contribution in [0, 0.1) is 11.6 Å². The van der Waals surface area contributed by atoms with Gasteiger partial charge in [0.05, 0.1) is 23.7 Å². The summed E-state index contributed by atoms with van der Waals surface area (Å²) < 4.78 is 47.1. The minimum atomic E-state index is -0.829. The first-order chi connectivity index (χ1) is 19.0. The number of pyridine rings is 1. The van der Waals surface area contributed by atoms with Crippen molar-refractivity contribution in [3.63, 3.8) is 0 Å². The quantitative estimate of drug-likeness (QED) is 0.394. The van der Waals surface area contributed by atoms with Crippen LogP contribution in [0.3, 0.4) is 0 Å². The first-order valence-electron chi connectivity index (χ1n) is 13.1. The Morgan fingerprint density at radius 3 is 2.59 bits per heavy atom. The number of ether oxygens (including phenoxy) is 3. The van der Waals surface area contributed by atoms with Crippen molar-refractivity contribution in [2.45, 2.75) is 19.5 Å². The SMILES string of the molecule is COc1cc(CN2CCN(c3cccc(F)c3F)CC2)c2cc3[n+](cc2c1O)CCc1cc2c(cc1-3)OCO2. The fourth-order valence-corrected chi connectivity index (χ4v) is 5.98. The van der Waals surface area contributed by atoms with Gasteiger partial charge in [-0.1, -0.05) is 6.07 Å². The molecule has 3 aliphatic heterocycles. The highest BCUT2D eigenvalue weighted by Gasteiger charge is 2.30. The lowest BCUT2D eigenvalue weighted by Crippen LogP contribution is -2.46. The molecular weight excluding hydrogens is 504 g/mol. The second-order valence-corrected chi connectivity index (χ2v) is 10.2. The maximum Gasteiger partial charge on any atom is 0.231 e. The number of methoxy groups -OCH3 is 1. The number of fused-ring (bicyclic) bond motifs is 5. The monoisotopic (exact) mass is 532 g/mol. The molecule has 0 radical (unpaired) electrons. The van der Waals surface area contributed by atoms with Crippen molar-refractivity contribution in [2.75, 3.05) is 45.0 Å². The Hall–Kier alpha value is -4.11. The van der Waals surface area contributed by atoms with Gasteiger partial charge >= 0.3 is 0 Å². The first-order valence-corrected chi connectivity index (χ1v) is 13.1. The number of aryl methyl sites for hydroxylation is 2. The largest absolute Gasteiger partial charge is 0.504 e. The number of phenols is 1. The Morgan fingerprint density at radius 2 is 1.79 bits per heavy atom. The highest BCUT2D eigenvalue weighted by Crippen LogP contribution is 2.42. The van der Waals surface area contributed by atoms with Gasteiger partial charge in [-0.2, -0.15) is 4.57 Å². The molecule has 200 valence electrons. The van der Waals surface area contributed by atoms with Gasteiger partial charge in [0.25, 0.3) is 0 Å². The molecule has 0 amide bonds. The van der Waals surface area contributed by atoms with Gasteiger partial charge in [-0.05, 0) is 41.5 Å². The van der Waals surface area contributed by atoms with Crippen molar-refractivity contribution < 1.29 is 32.7 Å². The average molecular weight is 533 g/mol. The molecule has 3 aromatic carbocycles. The zero-order chi connectivity index (χ0) is 26.7. The molecule has 1 aromatic heterocycles. The highest BCUT2D eigenvalue weighted by molar-refractivity contribution is 5.94. The predicted octanol–water partition coefficient (Wildman–Crippen LogP) is 4.39. The van der Waals surface area contributed by atoms with Gasteiger partial charge < -0.3 is 24.2 Å². The third kappa shape index (κ3) is 3.99. The minimum absolute atomic E-state index is 0.120. The molecule has 0 aliphatic carbocycles. The summed E-state index contributed by atoms with van der Waals surface area (Å²) in [6.45, 7) is 4.18. The van der Waals surface area contributed by atoms with Crippen LogP contribution in [0.4, 0.5) is 14.5 Å². The van der Waals surface area contributed by atoms with Crippen LogP contribution in [0.1, 0.15) is 11.1 Å². The molecule has 3 aliphatic rings. The standard InChI is InChI=1S/C30H27F2N3O4/c1-37-28-12-19(15-33-7-9-34(10-8-33)24-4-2-3-23(31)29(24)32)20-13-25-21-14-27-26(38-17-39-27)11-18(21)5-6-35(25)16-22(20)30(28)36/h2-4,11-14,16H,5-10,15,17H2,1H3/p+1. The second kappa shape index (κ2) is 9.27. The lowest BCUT2D eigenvalue weighted by atomic mass is 9.94. The van der Waals surface area contributed by atoms with Crippen LogP contribution in [0.25, 0.3) is 22.0 Å². The zero-order valence-corrected chi connectivity index (χ0v) is 21.5.